The minimum absolute atomic E-state index is 0.362. The highest BCUT2D eigenvalue weighted by Gasteiger charge is 2.27. The van der Waals surface area contributed by atoms with Gasteiger partial charge < -0.3 is 14.7 Å². The van der Waals surface area contributed by atoms with E-state index < -0.39 is 0 Å². The Labute approximate surface area is 150 Å². The first-order valence-electron chi connectivity index (χ1n) is 9.71. The number of quaternary nitrogens is 2. The topological polar surface area (TPSA) is 29.2 Å². The van der Waals surface area contributed by atoms with E-state index in [1.165, 1.54) is 47.2 Å². The van der Waals surface area contributed by atoms with E-state index in [2.05, 4.69) is 47.4 Å². The number of hydrogen-bond acceptors (Lipinski definition) is 1. The standard InChI is InChI=1S/C21H27N3O/c25-21(17-22-10-3-4-11-22)24-14-12-23(13-15-24)16-19-8-5-7-18-6-1-2-9-20(18)19/h1-2,5-9H,3-4,10-17H2/p+2. The Bertz CT molecular complexity index is 726. The summed E-state index contributed by atoms with van der Waals surface area (Å²) >= 11 is 0. The van der Waals surface area contributed by atoms with Gasteiger partial charge >= 0.3 is 0 Å². The van der Waals surface area contributed by atoms with Crippen LogP contribution in [0.1, 0.15) is 18.4 Å². The van der Waals surface area contributed by atoms with Crippen molar-refractivity contribution in [2.45, 2.75) is 19.4 Å². The molecule has 0 saturated carbocycles. The average molecular weight is 339 g/mol. The lowest BCUT2D eigenvalue weighted by atomic mass is 10.0. The van der Waals surface area contributed by atoms with Gasteiger partial charge in [0.25, 0.3) is 5.91 Å². The molecule has 0 atom stereocenters. The highest BCUT2D eigenvalue weighted by molar-refractivity contribution is 5.85. The van der Waals surface area contributed by atoms with E-state index in [1.54, 1.807) is 4.90 Å². The van der Waals surface area contributed by atoms with Crippen LogP contribution in [0, 0.1) is 0 Å². The van der Waals surface area contributed by atoms with Crippen molar-refractivity contribution < 1.29 is 14.6 Å². The van der Waals surface area contributed by atoms with Crippen molar-refractivity contribution in [3.05, 3.63) is 48.0 Å². The maximum absolute atomic E-state index is 12.5. The van der Waals surface area contributed by atoms with Gasteiger partial charge in [0.2, 0.25) is 0 Å². The number of benzene rings is 2. The van der Waals surface area contributed by atoms with Gasteiger partial charge in [-0.3, -0.25) is 4.79 Å². The number of likely N-dealkylation sites (tertiary alicyclic amines) is 1. The molecule has 132 valence electrons. The number of nitrogens with zero attached hydrogens (tertiary/aromatic N) is 1. The number of amides is 1. The van der Waals surface area contributed by atoms with Crippen LogP contribution in [0.4, 0.5) is 0 Å². The van der Waals surface area contributed by atoms with Gasteiger partial charge in [-0.2, -0.15) is 0 Å². The molecule has 2 aliphatic rings. The number of piperazine rings is 1. The Hall–Kier alpha value is -1.91. The van der Waals surface area contributed by atoms with Crippen molar-refractivity contribution in [2.75, 3.05) is 45.8 Å². The fourth-order valence-corrected chi connectivity index (χ4v) is 4.34. The molecule has 0 radical (unpaired) electrons. The minimum Gasteiger partial charge on any atom is -0.328 e. The summed E-state index contributed by atoms with van der Waals surface area (Å²) in [5.41, 5.74) is 1.43. The molecule has 2 saturated heterocycles. The summed E-state index contributed by atoms with van der Waals surface area (Å²) in [6.45, 7) is 8.06. The van der Waals surface area contributed by atoms with E-state index in [0.717, 1.165) is 32.7 Å². The van der Waals surface area contributed by atoms with Crippen LogP contribution in [0.15, 0.2) is 42.5 Å². The largest absolute Gasteiger partial charge is 0.328 e. The monoisotopic (exact) mass is 339 g/mol. The van der Waals surface area contributed by atoms with Crippen molar-refractivity contribution in [1.82, 2.24) is 4.90 Å². The molecule has 0 bridgehead atoms. The number of carbonyl (C=O) groups is 1. The van der Waals surface area contributed by atoms with Crippen LogP contribution in [-0.2, 0) is 11.3 Å². The number of fused-ring (bicyclic) bond motifs is 1. The first-order chi connectivity index (χ1) is 12.3. The Morgan fingerprint density at radius 2 is 1.60 bits per heavy atom. The van der Waals surface area contributed by atoms with Gasteiger partial charge in [-0.1, -0.05) is 42.5 Å². The zero-order valence-corrected chi connectivity index (χ0v) is 15.0. The zero-order chi connectivity index (χ0) is 17.1. The number of hydrogen-bond donors (Lipinski definition) is 2. The number of rotatable bonds is 4. The van der Waals surface area contributed by atoms with Gasteiger partial charge in [-0.05, 0) is 10.8 Å². The lowest BCUT2D eigenvalue weighted by Gasteiger charge is -2.32. The fourth-order valence-electron chi connectivity index (χ4n) is 4.34. The smallest absolute Gasteiger partial charge is 0.278 e. The molecular weight excluding hydrogens is 310 g/mol. The van der Waals surface area contributed by atoms with Crippen LogP contribution >= 0.6 is 0 Å². The molecule has 0 aromatic heterocycles. The normalized spacial score (nSPS) is 19.6. The molecule has 0 spiro atoms. The van der Waals surface area contributed by atoms with Crippen molar-refractivity contribution in [2.24, 2.45) is 0 Å². The van der Waals surface area contributed by atoms with Gasteiger partial charge in [0.1, 0.15) is 6.54 Å². The van der Waals surface area contributed by atoms with Crippen LogP contribution < -0.4 is 9.80 Å². The van der Waals surface area contributed by atoms with E-state index in [-0.39, 0.29) is 0 Å². The molecular formula is C21H29N3O+2. The van der Waals surface area contributed by atoms with E-state index in [4.69, 9.17) is 0 Å². The van der Waals surface area contributed by atoms with E-state index in [1.807, 2.05) is 0 Å². The fraction of sp³-hybridized carbons (Fsp3) is 0.476. The van der Waals surface area contributed by atoms with E-state index >= 15 is 0 Å². The molecule has 2 N–H and O–H groups in total. The van der Waals surface area contributed by atoms with E-state index in [0.29, 0.717) is 12.5 Å². The van der Waals surface area contributed by atoms with Crippen LogP contribution in [0.2, 0.25) is 0 Å². The Kier molecular flexibility index (Phi) is 4.99. The average Bonchev–Trinajstić information content (AvgIpc) is 3.16. The van der Waals surface area contributed by atoms with Crippen LogP contribution in [-0.4, -0.2) is 56.6 Å². The summed E-state index contributed by atoms with van der Waals surface area (Å²) in [6, 6.07) is 15.2. The molecule has 1 amide bonds. The molecule has 4 rings (SSSR count). The third kappa shape index (κ3) is 3.86. The van der Waals surface area contributed by atoms with E-state index in [9.17, 15) is 4.79 Å². The SMILES string of the molecule is O=C(C[NH+]1CCCC1)N1CC[NH+](Cc2cccc3ccccc23)CC1. The van der Waals surface area contributed by atoms with Crippen molar-refractivity contribution in [3.8, 4) is 0 Å². The molecule has 2 heterocycles. The van der Waals surface area contributed by atoms with Gasteiger partial charge in [-0.15, -0.1) is 0 Å². The first-order valence-corrected chi connectivity index (χ1v) is 9.71. The molecule has 2 aromatic rings. The molecule has 4 nitrogen and oxygen atoms in total. The predicted octanol–water partition coefficient (Wildman–Crippen LogP) is -0.254. The molecule has 2 aromatic carbocycles. The molecule has 25 heavy (non-hydrogen) atoms. The quantitative estimate of drug-likeness (QED) is 0.790. The highest BCUT2D eigenvalue weighted by atomic mass is 16.2. The number of carbonyl (C=O) groups excluding carboxylic acids is 1. The predicted molar refractivity (Wildman–Crippen MR) is 99.7 cm³/mol. The number of nitrogens with one attached hydrogen (secondary N) is 2. The van der Waals surface area contributed by atoms with Gasteiger partial charge in [0.05, 0.1) is 39.3 Å². The summed E-state index contributed by atoms with van der Waals surface area (Å²) < 4.78 is 0. The third-order valence-electron chi connectivity index (χ3n) is 5.86. The summed E-state index contributed by atoms with van der Waals surface area (Å²) in [4.78, 5) is 17.7. The molecule has 4 heteroatoms. The summed E-state index contributed by atoms with van der Waals surface area (Å²) in [6.07, 6.45) is 2.57. The van der Waals surface area contributed by atoms with Gasteiger partial charge in [-0.25, -0.2) is 0 Å². The summed E-state index contributed by atoms with van der Waals surface area (Å²) in [5, 5.41) is 2.69. The van der Waals surface area contributed by atoms with Crippen LogP contribution in [0.5, 0.6) is 0 Å². The molecule has 0 aliphatic carbocycles. The Balaban J connectivity index is 1.33. The third-order valence-corrected chi connectivity index (χ3v) is 5.86. The van der Waals surface area contributed by atoms with Crippen LogP contribution in [0.25, 0.3) is 10.8 Å². The summed E-state index contributed by atoms with van der Waals surface area (Å²) in [5.74, 6) is 0.362. The lowest BCUT2D eigenvalue weighted by Crippen LogP contribution is -3.14. The minimum atomic E-state index is 0.362. The molecule has 2 fully saturated rings. The van der Waals surface area contributed by atoms with Crippen LogP contribution in [0.3, 0.4) is 0 Å². The Morgan fingerprint density at radius 3 is 2.40 bits per heavy atom. The lowest BCUT2D eigenvalue weighted by molar-refractivity contribution is -0.917. The zero-order valence-electron chi connectivity index (χ0n) is 15.0. The van der Waals surface area contributed by atoms with Crippen molar-refractivity contribution >= 4 is 16.7 Å². The van der Waals surface area contributed by atoms with Gasteiger partial charge in [0, 0.05) is 18.4 Å². The maximum atomic E-state index is 12.5. The second kappa shape index (κ2) is 7.54. The second-order valence-electron chi connectivity index (χ2n) is 7.58. The second-order valence-corrected chi connectivity index (χ2v) is 7.58. The Morgan fingerprint density at radius 1 is 0.880 bits per heavy atom. The first kappa shape index (κ1) is 16.6. The molecule has 2 aliphatic heterocycles. The highest BCUT2D eigenvalue weighted by Crippen LogP contribution is 2.17. The van der Waals surface area contributed by atoms with Crippen molar-refractivity contribution in [3.63, 3.8) is 0 Å². The van der Waals surface area contributed by atoms with Crippen molar-refractivity contribution in [1.29, 1.82) is 0 Å². The molecule has 0 unspecified atom stereocenters. The van der Waals surface area contributed by atoms with Gasteiger partial charge in [0.15, 0.2) is 6.54 Å². The summed E-state index contributed by atoms with van der Waals surface area (Å²) in [7, 11) is 0. The maximum Gasteiger partial charge on any atom is 0.278 e.